The maximum Gasteiger partial charge on any atom is 0.124 e. The number of benzene rings is 1. The number of imidazole rings is 1. The van der Waals surface area contributed by atoms with Crippen molar-refractivity contribution in [3.8, 4) is 11.3 Å². The fourth-order valence-corrected chi connectivity index (χ4v) is 2.94. The zero-order chi connectivity index (χ0) is 12.5. The molecule has 3 rings (SSSR count). The minimum atomic E-state index is 0.317. The van der Waals surface area contributed by atoms with E-state index in [2.05, 4.69) is 55.2 Å². The van der Waals surface area contributed by atoms with Crippen molar-refractivity contribution in [3.05, 3.63) is 40.8 Å². The Balaban J connectivity index is 1.87. The number of aromatic amines is 1. The zero-order valence-corrected chi connectivity index (χ0v) is 12.3. The third-order valence-electron chi connectivity index (χ3n) is 3.29. The Morgan fingerprint density at radius 3 is 2.78 bits per heavy atom. The first-order valence-electron chi connectivity index (χ1n) is 6.00. The number of halogens is 1. The highest BCUT2D eigenvalue weighted by atomic mass is 79.9. The van der Waals surface area contributed by atoms with Crippen LogP contribution in [0.5, 0.6) is 0 Å². The molecule has 5 heteroatoms. The average molecular weight is 324 g/mol. The van der Waals surface area contributed by atoms with E-state index in [9.17, 15) is 0 Å². The molecule has 1 saturated heterocycles. The number of hydrogen-bond acceptors (Lipinski definition) is 3. The van der Waals surface area contributed by atoms with Gasteiger partial charge in [-0.3, -0.25) is 0 Å². The summed E-state index contributed by atoms with van der Waals surface area (Å²) in [6.07, 6.45) is 4.21. The molecule has 1 fully saturated rings. The van der Waals surface area contributed by atoms with Gasteiger partial charge >= 0.3 is 0 Å². The molecule has 0 bridgehead atoms. The van der Waals surface area contributed by atoms with Crippen molar-refractivity contribution >= 4 is 28.7 Å². The van der Waals surface area contributed by atoms with Gasteiger partial charge in [0.15, 0.2) is 0 Å². The van der Waals surface area contributed by atoms with Crippen LogP contribution in [-0.4, -0.2) is 20.8 Å². The third-order valence-corrected chi connectivity index (χ3v) is 4.30. The summed E-state index contributed by atoms with van der Waals surface area (Å²) in [7, 11) is 0. The Morgan fingerprint density at radius 2 is 2.11 bits per heavy atom. The zero-order valence-electron chi connectivity index (χ0n) is 9.81. The number of nitrogens with one attached hydrogen (secondary N) is 1. The smallest absolute Gasteiger partial charge is 0.124 e. The monoisotopic (exact) mass is 323 g/mol. The highest BCUT2D eigenvalue weighted by Crippen LogP contribution is 2.32. The molecule has 2 aromatic rings. The molecule has 0 aliphatic carbocycles. The second kappa shape index (κ2) is 5.07. The Hall–Kier alpha value is -0.780. The molecule has 2 heterocycles. The van der Waals surface area contributed by atoms with Crippen molar-refractivity contribution in [3.63, 3.8) is 0 Å². The molecule has 1 aromatic heterocycles. The molecule has 94 valence electrons. The van der Waals surface area contributed by atoms with E-state index in [1.807, 2.05) is 18.3 Å². The molecule has 1 N–H and O–H groups in total. The van der Waals surface area contributed by atoms with Gasteiger partial charge in [0.2, 0.25) is 0 Å². The number of rotatable bonds is 2. The predicted octanol–water partition coefficient (Wildman–Crippen LogP) is 3.82. The first kappa shape index (κ1) is 12.3. The summed E-state index contributed by atoms with van der Waals surface area (Å²) >= 11 is 7.92. The number of aromatic nitrogens is 2. The molecule has 0 spiro atoms. The van der Waals surface area contributed by atoms with E-state index < -0.39 is 0 Å². The first-order chi connectivity index (χ1) is 8.74. The van der Waals surface area contributed by atoms with E-state index in [1.54, 1.807) is 0 Å². The van der Waals surface area contributed by atoms with Crippen LogP contribution in [0.3, 0.4) is 0 Å². The number of nitrogens with zero attached hydrogens (tertiary/aromatic N) is 2. The summed E-state index contributed by atoms with van der Waals surface area (Å²) in [4.78, 5) is 7.89. The van der Waals surface area contributed by atoms with Crippen molar-refractivity contribution in [2.45, 2.75) is 18.9 Å². The van der Waals surface area contributed by atoms with Crippen molar-refractivity contribution in [1.82, 2.24) is 14.3 Å². The molecule has 1 unspecified atom stereocenters. The van der Waals surface area contributed by atoms with Crippen molar-refractivity contribution in [2.24, 2.45) is 0 Å². The van der Waals surface area contributed by atoms with Crippen LogP contribution in [0.2, 0.25) is 0 Å². The Morgan fingerprint density at radius 1 is 1.33 bits per heavy atom. The van der Waals surface area contributed by atoms with E-state index in [0.29, 0.717) is 6.04 Å². The lowest BCUT2D eigenvalue weighted by molar-refractivity contribution is 0.440. The number of thiol groups is 1. The molecule has 1 aliphatic rings. The topological polar surface area (TPSA) is 31.9 Å². The molecule has 0 amide bonds. The van der Waals surface area contributed by atoms with Crippen LogP contribution in [0.4, 0.5) is 0 Å². The van der Waals surface area contributed by atoms with Crippen LogP contribution in [0.25, 0.3) is 11.3 Å². The van der Waals surface area contributed by atoms with E-state index in [0.717, 1.165) is 34.5 Å². The summed E-state index contributed by atoms with van der Waals surface area (Å²) in [5.74, 6) is 1.01. The highest BCUT2D eigenvalue weighted by Gasteiger charge is 2.25. The van der Waals surface area contributed by atoms with Gasteiger partial charge in [-0.05, 0) is 30.5 Å². The van der Waals surface area contributed by atoms with E-state index in [1.165, 1.54) is 6.42 Å². The maximum absolute atomic E-state index is 4.49. The summed E-state index contributed by atoms with van der Waals surface area (Å²) in [6, 6.07) is 8.55. The second-order valence-corrected chi connectivity index (χ2v) is 5.94. The molecule has 1 atom stereocenters. The van der Waals surface area contributed by atoms with Gasteiger partial charge in [-0.15, -0.1) is 0 Å². The van der Waals surface area contributed by atoms with E-state index in [-0.39, 0.29) is 0 Å². The van der Waals surface area contributed by atoms with Crippen molar-refractivity contribution in [1.29, 1.82) is 0 Å². The molecule has 1 aromatic carbocycles. The van der Waals surface area contributed by atoms with Crippen LogP contribution >= 0.6 is 28.7 Å². The van der Waals surface area contributed by atoms with Gasteiger partial charge in [-0.2, -0.15) is 0 Å². The van der Waals surface area contributed by atoms with E-state index >= 15 is 0 Å². The fourth-order valence-electron chi connectivity index (χ4n) is 2.31. The first-order valence-corrected chi connectivity index (χ1v) is 7.20. The summed E-state index contributed by atoms with van der Waals surface area (Å²) in [6.45, 7) is 1.03. The predicted molar refractivity (Wildman–Crippen MR) is 79.4 cm³/mol. The molecule has 1 aliphatic heterocycles. The van der Waals surface area contributed by atoms with E-state index in [4.69, 9.17) is 0 Å². The highest BCUT2D eigenvalue weighted by molar-refractivity contribution is 9.10. The summed E-state index contributed by atoms with van der Waals surface area (Å²) in [5, 5.41) is 0. The third kappa shape index (κ3) is 2.35. The molecule has 3 nitrogen and oxygen atoms in total. The van der Waals surface area contributed by atoms with Gasteiger partial charge in [0.1, 0.15) is 5.82 Å². The SMILES string of the molecule is SN1CCCC1c1ncc(-c2ccc(Br)cc2)[nH]1. The average Bonchev–Trinajstić information content (AvgIpc) is 2.98. The van der Waals surface area contributed by atoms with Crippen LogP contribution in [0, 0.1) is 0 Å². The Bertz CT molecular complexity index is 537. The van der Waals surface area contributed by atoms with Gasteiger partial charge in [0, 0.05) is 11.0 Å². The number of hydrogen-bond donors (Lipinski definition) is 2. The molecular weight excluding hydrogens is 310 g/mol. The van der Waals surface area contributed by atoms with Gasteiger partial charge in [0.05, 0.1) is 17.9 Å². The maximum atomic E-state index is 4.49. The minimum absolute atomic E-state index is 0.317. The second-order valence-electron chi connectivity index (χ2n) is 4.51. The minimum Gasteiger partial charge on any atom is -0.341 e. The van der Waals surface area contributed by atoms with Crippen molar-refractivity contribution in [2.75, 3.05) is 6.54 Å². The number of H-pyrrole nitrogens is 1. The van der Waals surface area contributed by atoms with Crippen LogP contribution in [-0.2, 0) is 0 Å². The van der Waals surface area contributed by atoms with Gasteiger partial charge < -0.3 is 4.98 Å². The van der Waals surface area contributed by atoms with Crippen LogP contribution < -0.4 is 0 Å². The molecule has 0 saturated carbocycles. The molecule has 18 heavy (non-hydrogen) atoms. The molecule has 0 radical (unpaired) electrons. The molecular formula is C13H14BrN3S. The largest absolute Gasteiger partial charge is 0.341 e. The normalized spacial score (nSPS) is 20.4. The summed E-state index contributed by atoms with van der Waals surface area (Å²) < 4.78 is 3.15. The lowest BCUT2D eigenvalue weighted by Crippen LogP contribution is -2.12. The van der Waals surface area contributed by atoms with Crippen LogP contribution in [0.1, 0.15) is 24.7 Å². The Labute approximate surface area is 120 Å². The van der Waals surface area contributed by atoms with Gasteiger partial charge in [-0.1, -0.05) is 40.9 Å². The lowest BCUT2D eigenvalue weighted by Gasteiger charge is -2.15. The standard InChI is InChI=1S/C13H14BrN3S/c14-10-5-3-9(4-6-10)11-8-15-13(16-11)12-2-1-7-17(12)18/h3-6,8,12,18H,1-2,7H2,(H,15,16). The van der Waals surface area contributed by atoms with Crippen LogP contribution in [0.15, 0.2) is 34.9 Å². The quantitative estimate of drug-likeness (QED) is 0.823. The fraction of sp³-hybridized carbons (Fsp3) is 0.308. The van der Waals surface area contributed by atoms with Gasteiger partial charge in [-0.25, -0.2) is 9.29 Å². The van der Waals surface area contributed by atoms with Gasteiger partial charge in [0.25, 0.3) is 0 Å². The Kier molecular flexibility index (Phi) is 3.46. The summed E-state index contributed by atoms with van der Waals surface area (Å²) in [5.41, 5.74) is 2.21. The lowest BCUT2D eigenvalue weighted by atomic mass is 10.2. The van der Waals surface area contributed by atoms with Crippen molar-refractivity contribution < 1.29 is 0 Å².